The number of nitrogens with one attached hydrogen (secondary N) is 1. The van der Waals surface area contributed by atoms with Crippen LogP contribution < -0.4 is 14.9 Å². The minimum Gasteiger partial charge on any atom is -0.486 e. The molecular weight excluding hydrogens is 276 g/mol. The van der Waals surface area contributed by atoms with Crippen molar-refractivity contribution in [3.05, 3.63) is 17.7 Å². The predicted molar refractivity (Wildman–Crippen MR) is 71.1 cm³/mol. The van der Waals surface area contributed by atoms with Gasteiger partial charge in [-0.15, -0.1) is 0 Å². The molecular formula is C13H10N4O4. The van der Waals surface area contributed by atoms with Crippen LogP contribution in [0.5, 0.6) is 11.5 Å². The molecule has 0 fully saturated rings. The third-order valence-corrected chi connectivity index (χ3v) is 2.59. The third-order valence-electron chi connectivity index (χ3n) is 2.59. The number of carbonyl (C=O) groups excluding carboxylic acids is 1. The molecule has 8 heteroatoms. The molecule has 0 atom stereocenters. The standard InChI is InChI=1S/C13H10N4O4/c1-19-13(18)9-4-11-12(21-3-2-20-11)5-10(9)17-16-8(6-14)7-15/h4-5,17H,2-3H2,1H3. The van der Waals surface area contributed by atoms with Crippen LogP contribution in [0.15, 0.2) is 17.2 Å². The van der Waals surface area contributed by atoms with E-state index in [1.165, 1.54) is 19.2 Å². The van der Waals surface area contributed by atoms with Gasteiger partial charge in [0.2, 0.25) is 5.71 Å². The molecule has 0 saturated carbocycles. The van der Waals surface area contributed by atoms with Crippen LogP contribution in [0, 0.1) is 22.7 Å². The van der Waals surface area contributed by atoms with Gasteiger partial charge in [0.1, 0.15) is 25.4 Å². The van der Waals surface area contributed by atoms with Crippen molar-refractivity contribution >= 4 is 17.4 Å². The molecule has 0 saturated heterocycles. The summed E-state index contributed by atoms with van der Waals surface area (Å²) >= 11 is 0. The number of anilines is 1. The molecule has 0 amide bonds. The Morgan fingerprint density at radius 3 is 2.48 bits per heavy atom. The number of hydrogen-bond donors (Lipinski definition) is 1. The fourth-order valence-corrected chi connectivity index (χ4v) is 1.65. The molecule has 0 aromatic heterocycles. The van der Waals surface area contributed by atoms with Crippen LogP contribution in [-0.2, 0) is 4.74 Å². The molecule has 1 aliphatic rings. The highest BCUT2D eigenvalue weighted by Crippen LogP contribution is 2.35. The molecule has 106 valence electrons. The summed E-state index contributed by atoms with van der Waals surface area (Å²) in [5, 5.41) is 20.9. The highest BCUT2D eigenvalue weighted by Gasteiger charge is 2.20. The number of nitriles is 2. The van der Waals surface area contributed by atoms with Gasteiger partial charge in [-0.2, -0.15) is 15.6 Å². The van der Waals surface area contributed by atoms with E-state index in [1.807, 2.05) is 0 Å². The number of fused-ring (bicyclic) bond motifs is 1. The van der Waals surface area contributed by atoms with Crippen molar-refractivity contribution in [2.45, 2.75) is 0 Å². The molecule has 1 aromatic rings. The van der Waals surface area contributed by atoms with Gasteiger partial charge in [0.15, 0.2) is 11.5 Å². The summed E-state index contributed by atoms with van der Waals surface area (Å²) in [6.07, 6.45) is 0. The lowest BCUT2D eigenvalue weighted by atomic mass is 10.1. The quantitative estimate of drug-likeness (QED) is 0.501. The molecule has 0 spiro atoms. The Balaban J connectivity index is 2.43. The first-order chi connectivity index (χ1) is 10.2. The van der Waals surface area contributed by atoms with E-state index in [1.54, 1.807) is 12.1 Å². The second-order valence-corrected chi connectivity index (χ2v) is 3.83. The van der Waals surface area contributed by atoms with Crippen LogP contribution >= 0.6 is 0 Å². The van der Waals surface area contributed by atoms with Gasteiger partial charge < -0.3 is 14.2 Å². The molecule has 8 nitrogen and oxygen atoms in total. The second-order valence-electron chi connectivity index (χ2n) is 3.83. The first-order valence-corrected chi connectivity index (χ1v) is 5.85. The summed E-state index contributed by atoms with van der Waals surface area (Å²) in [7, 11) is 1.24. The molecule has 1 aliphatic heterocycles. The summed E-state index contributed by atoms with van der Waals surface area (Å²) in [5.41, 5.74) is 2.51. The Bertz CT molecular complexity index is 669. The number of rotatable bonds is 3. The molecule has 0 radical (unpaired) electrons. The lowest BCUT2D eigenvalue weighted by Crippen LogP contribution is -2.17. The zero-order valence-electron chi connectivity index (χ0n) is 11.0. The molecule has 2 rings (SSSR count). The van der Waals surface area contributed by atoms with E-state index in [4.69, 9.17) is 20.0 Å². The number of nitrogens with zero attached hydrogens (tertiary/aromatic N) is 3. The summed E-state index contributed by atoms with van der Waals surface area (Å²) < 4.78 is 15.5. The zero-order valence-corrected chi connectivity index (χ0v) is 11.0. The van der Waals surface area contributed by atoms with Crippen LogP contribution in [0.3, 0.4) is 0 Å². The fraction of sp³-hybridized carbons (Fsp3) is 0.231. The lowest BCUT2D eigenvalue weighted by Gasteiger charge is -2.20. The van der Waals surface area contributed by atoms with Crippen molar-refractivity contribution in [3.8, 4) is 23.6 Å². The number of ether oxygens (including phenoxy) is 3. The van der Waals surface area contributed by atoms with Crippen LogP contribution in [0.2, 0.25) is 0 Å². The van der Waals surface area contributed by atoms with Crippen LogP contribution in [0.25, 0.3) is 0 Å². The second kappa shape index (κ2) is 6.26. The normalized spacial score (nSPS) is 11.6. The number of carbonyl (C=O) groups is 1. The van der Waals surface area contributed by atoms with Gasteiger partial charge in [-0.05, 0) is 0 Å². The maximum Gasteiger partial charge on any atom is 0.340 e. The van der Waals surface area contributed by atoms with E-state index in [0.717, 1.165) is 0 Å². The zero-order chi connectivity index (χ0) is 15.2. The molecule has 21 heavy (non-hydrogen) atoms. The van der Waals surface area contributed by atoms with Crippen molar-refractivity contribution in [1.82, 2.24) is 0 Å². The summed E-state index contributed by atoms with van der Waals surface area (Å²) in [6, 6.07) is 6.15. The van der Waals surface area contributed by atoms with Crippen molar-refractivity contribution in [3.63, 3.8) is 0 Å². The topological polar surface area (TPSA) is 117 Å². The van der Waals surface area contributed by atoms with E-state index < -0.39 is 5.97 Å². The first kappa shape index (κ1) is 14.2. The molecule has 1 heterocycles. The average molecular weight is 286 g/mol. The Labute approximate surface area is 120 Å². The SMILES string of the molecule is COC(=O)c1cc2c(cc1NN=C(C#N)C#N)OCCO2. The summed E-state index contributed by atoms with van der Waals surface area (Å²) in [4.78, 5) is 11.8. The van der Waals surface area contributed by atoms with Gasteiger partial charge in [-0.1, -0.05) is 0 Å². The number of esters is 1. The maximum absolute atomic E-state index is 11.8. The van der Waals surface area contributed by atoms with Gasteiger partial charge in [-0.25, -0.2) is 4.79 Å². The van der Waals surface area contributed by atoms with Crippen molar-refractivity contribution in [2.24, 2.45) is 5.10 Å². The highest BCUT2D eigenvalue weighted by molar-refractivity contribution is 6.10. The van der Waals surface area contributed by atoms with Gasteiger partial charge >= 0.3 is 5.97 Å². The highest BCUT2D eigenvalue weighted by atomic mass is 16.6. The minimum atomic E-state index is -0.611. The first-order valence-electron chi connectivity index (χ1n) is 5.85. The number of hydrogen-bond acceptors (Lipinski definition) is 8. The largest absolute Gasteiger partial charge is 0.486 e. The average Bonchev–Trinajstić information content (AvgIpc) is 2.54. The number of hydrazone groups is 1. The lowest BCUT2D eigenvalue weighted by molar-refractivity contribution is 0.0600. The van der Waals surface area contributed by atoms with Crippen molar-refractivity contribution < 1.29 is 19.0 Å². The maximum atomic E-state index is 11.8. The van der Waals surface area contributed by atoms with E-state index in [0.29, 0.717) is 24.7 Å². The molecule has 0 bridgehead atoms. The molecule has 0 aliphatic carbocycles. The van der Waals surface area contributed by atoms with E-state index in [2.05, 4.69) is 15.3 Å². The monoisotopic (exact) mass is 286 g/mol. The molecule has 1 N–H and O–H groups in total. The minimum absolute atomic E-state index is 0.153. The van der Waals surface area contributed by atoms with Gasteiger partial charge in [-0.3, -0.25) is 5.43 Å². The van der Waals surface area contributed by atoms with Gasteiger partial charge in [0.05, 0.1) is 18.4 Å². The Morgan fingerprint density at radius 1 is 1.29 bits per heavy atom. The van der Waals surface area contributed by atoms with Gasteiger partial charge in [0, 0.05) is 12.1 Å². The summed E-state index contributed by atoms with van der Waals surface area (Å²) in [6.45, 7) is 0.764. The predicted octanol–water partition coefficient (Wildman–Crippen LogP) is 1.06. The molecule has 0 unspecified atom stereocenters. The van der Waals surface area contributed by atoms with Crippen LogP contribution in [0.4, 0.5) is 5.69 Å². The Hall–Kier alpha value is -3.26. The van der Waals surface area contributed by atoms with Crippen molar-refractivity contribution in [1.29, 1.82) is 10.5 Å². The number of benzene rings is 1. The molecule has 1 aromatic carbocycles. The summed E-state index contributed by atoms with van der Waals surface area (Å²) in [5.74, 6) is 0.235. The van der Waals surface area contributed by atoms with Crippen LogP contribution in [0.1, 0.15) is 10.4 Å². The smallest absolute Gasteiger partial charge is 0.340 e. The van der Waals surface area contributed by atoms with Crippen LogP contribution in [-0.4, -0.2) is 32.0 Å². The van der Waals surface area contributed by atoms with E-state index >= 15 is 0 Å². The Kier molecular flexibility index (Phi) is 4.22. The van der Waals surface area contributed by atoms with E-state index in [9.17, 15) is 4.79 Å². The van der Waals surface area contributed by atoms with E-state index in [-0.39, 0.29) is 17.0 Å². The van der Waals surface area contributed by atoms with Gasteiger partial charge in [0.25, 0.3) is 0 Å². The third kappa shape index (κ3) is 3.01. The number of methoxy groups -OCH3 is 1. The fourth-order valence-electron chi connectivity index (χ4n) is 1.65. The van der Waals surface area contributed by atoms with Crippen molar-refractivity contribution in [2.75, 3.05) is 25.7 Å². The Morgan fingerprint density at radius 2 is 1.90 bits per heavy atom.